The molecule has 1 aromatic carbocycles. The summed E-state index contributed by atoms with van der Waals surface area (Å²) in [4.78, 5) is 19.4. The van der Waals surface area contributed by atoms with Crippen molar-refractivity contribution in [1.82, 2.24) is 14.8 Å². The van der Waals surface area contributed by atoms with Gasteiger partial charge in [-0.05, 0) is 31.0 Å². The Kier molecular flexibility index (Phi) is 4.69. The second-order valence-corrected chi connectivity index (χ2v) is 7.82. The van der Waals surface area contributed by atoms with Crippen molar-refractivity contribution < 1.29 is 9.53 Å². The number of amides is 1. The summed E-state index contributed by atoms with van der Waals surface area (Å²) in [6.07, 6.45) is 3.09. The Morgan fingerprint density at radius 1 is 1.42 bits per heavy atom. The molecule has 0 N–H and O–H groups in total. The molecule has 0 spiro atoms. The predicted molar refractivity (Wildman–Crippen MR) is 103 cm³/mol. The van der Waals surface area contributed by atoms with E-state index in [2.05, 4.69) is 10.1 Å². The van der Waals surface area contributed by atoms with E-state index in [1.54, 1.807) is 22.8 Å². The molecule has 0 unspecified atom stereocenters. The molecule has 1 aliphatic rings. The number of hydrogen-bond donors (Lipinski definition) is 0. The Labute approximate surface area is 160 Å². The van der Waals surface area contributed by atoms with Crippen LogP contribution in [0.3, 0.4) is 0 Å². The molecular formula is C18H19ClN4O2S. The van der Waals surface area contributed by atoms with Crippen molar-refractivity contribution in [2.24, 2.45) is 13.0 Å². The zero-order valence-corrected chi connectivity index (χ0v) is 16.1. The number of benzene rings is 1. The lowest BCUT2D eigenvalue weighted by Crippen LogP contribution is -2.39. The van der Waals surface area contributed by atoms with Crippen LogP contribution in [0, 0.1) is 5.92 Å². The van der Waals surface area contributed by atoms with Crippen molar-refractivity contribution >= 4 is 44.2 Å². The first kappa shape index (κ1) is 17.5. The summed E-state index contributed by atoms with van der Waals surface area (Å²) in [7, 11) is 3.64. The molecular weight excluding hydrogens is 372 g/mol. The number of halogens is 1. The number of nitrogens with zero attached hydrogens (tertiary/aromatic N) is 4. The van der Waals surface area contributed by atoms with Crippen LogP contribution in [0.1, 0.15) is 24.6 Å². The number of rotatable bonds is 3. The van der Waals surface area contributed by atoms with Gasteiger partial charge in [-0.25, -0.2) is 4.98 Å². The highest BCUT2D eigenvalue weighted by Gasteiger charge is 2.37. The number of para-hydroxylation sites is 1. The van der Waals surface area contributed by atoms with Gasteiger partial charge in [0.25, 0.3) is 0 Å². The SMILES string of the molecule is CN(C(=O)[C@@H]1CCCO[C@H]1c1ccnn1C)c1nc2c(Cl)cccc2s1. The second-order valence-electron chi connectivity index (χ2n) is 6.40. The molecule has 0 radical (unpaired) electrons. The van der Waals surface area contributed by atoms with Crippen molar-refractivity contribution in [2.75, 3.05) is 18.6 Å². The van der Waals surface area contributed by atoms with E-state index in [9.17, 15) is 4.79 Å². The van der Waals surface area contributed by atoms with Gasteiger partial charge >= 0.3 is 0 Å². The predicted octanol–water partition coefficient (Wildman–Crippen LogP) is 3.81. The lowest BCUT2D eigenvalue weighted by molar-refractivity contribution is -0.132. The van der Waals surface area contributed by atoms with Gasteiger partial charge in [0.05, 0.1) is 21.3 Å². The molecule has 6 nitrogen and oxygen atoms in total. The lowest BCUT2D eigenvalue weighted by atomic mass is 9.91. The number of aromatic nitrogens is 3. The number of hydrogen-bond acceptors (Lipinski definition) is 5. The van der Waals surface area contributed by atoms with Gasteiger partial charge in [-0.1, -0.05) is 29.0 Å². The number of carbonyl (C=O) groups is 1. The quantitative estimate of drug-likeness (QED) is 0.682. The van der Waals surface area contributed by atoms with Gasteiger partial charge in [-0.15, -0.1) is 0 Å². The van der Waals surface area contributed by atoms with E-state index >= 15 is 0 Å². The first-order valence-electron chi connectivity index (χ1n) is 8.48. The maximum atomic E-state index is 13.2. The van der Waals surface area contributed by atoms with Crippen LogP contribution in [0.5, 0.6) is 0 Å². The summed E-state index contributed by atoms with van der Waals surface area (Å²) >= 11 is 7.69. The van der Waals surface area contributed by atoms with E-state index in [1.807, 2.05) is 31.3 Å². The van der Waals surface area contributed by atoms with Gasteiger partial charge in [0.1, 0.15) is 11.6 Å². The van der Waals surface area contributed by atoms with E-state index in [1.165, 1.54) is 11.3 Å². The third-order valence-corrected chi connectivity index (χ3v) is 6.17. The maximum absolute atomic E-state index is 13.2. The number of carbonyl (C=O) groups excluding carboxylic acids is 1. The standard InChI is InChI=1S/C18H19ClN4O2S/c1-22(18-21-15-12(19)6-3-7-14(15)26-18)17(24)11-5-4-10-25-16(11)13-8-9-20-23(13)2/h3,6-9,11,16H,4-5,10H2,1-2H3/t11-,16-/m1/s1. The number of thiazole rings is 1. The first-order chi connectivity index (χ1) is 12.6. The molecule has 2 aromatic heterocycles. The average Bonchev–Trinajstić information content (AvgIpc) is 3.27. The Morgan fingerprint density at radius 2 is 2.27 bits per heavy atom. The highest BCUT2D eigenvalue weighted by molar-refractivity contribution is 7.22. The number of ether oxygens (including phenoxy) is 1. The highest BCUT2D eigenvalue weighted by Crippen LogP contribution is 2.37. The normalized spacial score (nSPS) is 20.4. The fourth-order valence-electron chi connectivity index (χ4n) is 3.38. The molecule has 1 fully saturated rings. The van der Waals surface area contributed by atoms with E-state index in [-0.39, 0.29) is 17.9 Å². The molecule has 0 saturated carbocycles. The molecule has 0 bridgehead atoms. The average molecular weight is 391 g/mol. The van der Waals surface area contributed by atoms with E-state index in [4.69, 9.17) is 16.3 Å². The third kappa shape index (κ3) is 3.00. The van der Waals surface area contributed by atoms with Crippen LogP contribution in [-0.2, 0) is 16.6 Å². The van der Waals surface area contributed by atoms with Gasteiger partial charge in [0, 0.05) is 26.9 Å². The van der Waals surface area contributed by atoms with Gasteiger partial charge in [0.2, 0.25) is 5.91 Å². The van der Waals surface area contributed by atoms with Crippen molar-refractivity contribution in [1.29, 1.82) is 0 Å². The van der Waals surface area contributed by atoms with Crippen molar-refractivity contribution in [3.63, 3.8) is 0 Å². The van der Waals surface area contributed by atoms with Crippen LogP contribution in [-0.4, -0.2) is 34.3 Å². The van der Waals surface area contributed by atoms with Gasteiger partial charge in [-0.2, -0.15) is 5.10 Å². The largest absolute Gasteiger partial charge is 0.371 e. The van der Waals surface area contributed by atoms with Crippen LogP contribution in [0.4, 0.5) is 5.13 Å². The molecule has 4 rings (SSSR count). The smallest absolute Gasteiger partial charge is 0.234 e. The molecule has 3 heterocycles. The first-order valence-corrected chi connectivity index (χ1v) is 9.68. The van der Waals surface area contributed by atoms with Crippen molar-refractivity contribution in [2.45, 2.75) is 18.9 Å². The zero-order valence-electron chi connectivity index (χ0n) is 14.6. The van der Waals surface area contributed by atoms with E-state index in [0.717, 1.165) is 28.8 Å². The minimum Gasteiger partial charge on any atom is -0.371 e. The molecule has 1 saturated heterocycles. The monoisotopic (exact) mass is 390 g/mol. The Hall–Kier alpha value is -1.96. The molecule has 8 heteroatoms. The highest BCUT2D eigenvalue weighted by atomic mass is 35.5. The summed E-state index contributed by atoms with van der Waals surface area (Å²) in [6, 6.07) is 7.57. The van der Waals surface area contributed by atoms with Crippen LogP contribution in [0.25, 0.3) is 10.2 Å². The summed E-state index contributed by atoms with van der Waals surface area (Å²) in [5, 5.41) is 5.46. The number of aryl methyl sites for hydroxylation is 1. The molecule has 1 amide bonds. The van der Waals surface area contributed by atoms with Gasteiger partial charge in [-0.3, -0.25) is 14.4 Å². The van der Waals surface area contributed by atoms with E-state index in [0.29, 0.717) is 16.8 Å². The molecule has 2 atom stereocenters. The van der Waals surface area contributed by atoms with Gasteiger partial charge in [0.15, 0.2) is 5.13 Å². The minimum atomic E-state index is -0.288. The molecule has 1 aliphatic heterocycles. The fraction of sp³-hybridized carbons (Fsp3) is 0.389. The summed E-state index contributed by atoms with van der Waals surface area (Å²) < 4.78 is 8.69. The van der Waals surface area contributed by atoms with Crippen molar-refractivity contribution in [3.05, 3.63) is 41.2 Å². The third-order valence-electron chi connectivity index (χ3n) is 4.77. The van der Waals surface area contributed by atoms with Gasteiger partial charge < -0.3 is 4.74 Å². The number of anilines is 1. The Morgan fingerprint density at radius 3 is 3.00 bits per heavy atom. The van der Waals surface area contributed by atoms with Crippen molar-refractivity contribution in [3.8, 4) is 0 Å². The Bertz CT molecular complexity index is 954. The molecule has 26 heavy (non-hydrogen) atoms. The molecule has 136 valence electrons. The van der Waals surface area contributed by atoms with Crippen LogP contribution in [0.2, 0.25) is 5.02 Å². The zero-order chi connectivity index (χ0) is 18.3. The minimum absolute atomic E-state index is 0.00563. The number of fused-ring (bicyclic) bond motifs is 1. The molecule has 3 aromatic rings. The fourth-order valence-corrected chi connectivity index (χ4v) is 4.61. The second kappa shape index (κ2) is 6.98. The lowest BCUT2D eigenvalue weighted by Gasteiger charge is -2.32. The maximum Gasteiger partial charge on any atom is 0.234 e. The molecule has 0 aliphatic carbocycles. The summed E-state index contributed by atoms with van der Waals surface area (Å²) in [5.74, 6) is -0.252. The van der Waals surface area contributed by atoms with Crippen LogP contribution < -0.4 is 4.90 Å². The van der Waals surface area contributed by atoms with Crippen LogP contribution >= 0.6 is 22.9 Å². The Balaban J connectivity index is 1.64. The summed E-state index contributed by atoms with van der Waals surface area (Å²) in [6.45, 7) is 0.653. The summed E-state index contributed by atoms with van der Waals surface area (Å²) in [5.41, 5.74) is 1.65. The topological polar surface area (TPSA) is 60.3 Å². The van der Waals surface area contributed by atoms with Crippen LogP contribution in [0.15, 0.2) is 30.5 Å². The van der Waals surface area contributed by atoms with E-state index < -0.39 is 0 Å².